The van der Waals surface area contributed by atoms with Gasteiger partial charge in [0, 0.05) is 29.8 Å². The smallest absolute Gasteiger partial charge is 0.220 e. The average Bonchev–Trinajstić information content (AvgIpc) is 2.21. The van der Waals surface area contributed by atoms with E-state index in [4.69, 9.17) is 5.73 Å². The molecule has 1 aromatic carbocycles. The van der Waals surface area contributed by atoms with Crippen LogP contribution in [0.25, 0.3) is 0 Å². The third-order valence-corrected chi connectivity index (χ3v) is 3.12. The van der Waals surface area contributed by atoms with Crippen molar-refractivity contribution in [1.29, 1.82) is 0 Å². The molecule has 0 saturated carbocycles. The van der Waals surface area contributed by atoms with Gasteiger partial charge in [-0.25, -0.2) is 0 Å². The summed E-state index contributed by atoms with van der Waals surface area (Å²) < 4.78 is 0. The van der Waals surface area contributed by atoms with Crippen LogP contribution in [0.1, 0.15) is 12.0 Å². The molecule has 1 rings (SSSR count). The van der Waals surface area contributed by atoms with Crippen LogP contribution in [0.15, 0.2) is 23.1 Å². The molecule has 15 heavy (non-hydrogen) atoms. The van der Waals surface area contributed by atoms with Gasteiger partial charge in [0.05, 0.1) is 0 Å². The van der Waals surface area contributed by atoms with Gasteiger partial charge in [-0.2, -0.15) is 0 Å². The Labute approximate surface area is 94.4 Å². The lowest BCUT2D eigenvalue weighted by molar-refractivity contribution is -0.120. The van der Waals surface area contributed by atoms with Crippen molar-refractivity contribution >= 4 is 23.4 Å². The number of anilines is 1. The van der Waals surface area contributed by atoms with Crippen LogP contribution in [0.2, 0.25) is 0 Å². The number of carbonyl (C=O) groups is 1. The van der Waals surface area contributed by atoms with Crippen molar-refractivity contribution in [2.24, 2.45) is 0 Å². The fraction of sp³-hybridized carbons (Fsp3) is 0.364. The van der Waals surface area contributed by atoms with Crippen molar-refractivity contribution in [3.8, 4) is 0 Å². The first-order chi connectivity index (χ1) is 7.13. The predicted molar refractivity (Wildman–Crippen MR) is 65.0 cm³/mol. The number of hydrogen-bond acceptors (Lipinski definition) is 3. The molecule has 0 radical (unpaired) electrons. The Bertz CT molecular complexity index is 352. The Morgan fingerprint density at radius 1 is 1.53 bits per heavy atom. The number of carbonyl (C=O) groups excluding carboxylic acids is 1. The lowest BCUT2D eigenvalue weighted by Crippen LogP contribution is -2.17. The maximum absolute atomic E-state index is 11.0. The molecule has 3 N–H and O–H groups in total. The van der Waals surface area contributed by atoms with Crippen molar-refractivity contribution in [1.82, 2.24) is 5.32 Å². The number of amides is 1. The molecule has 0 unspecified atom stereocenters. The first-order valence-corrected chi connectivity index (χ1v) is 5.81. The molecule has 0 atom stereocenters. The van der Waals surface area contributed by atoms with E-state index in [-0.39, 0.29) is 5.91 Å². The quantitative estimate of drug-likeness (QED) is 0.606. The van der Waals surface area contributed by atoms with E-state index in [2.05, 4.69) is 5.32 Å². The fourth-order valence-electron chi connectivity index (χ4n) is 1.18. The van der Waals surface area contributed by atoms with Crippen molar-refractivity contribution in [3.05, 3.63) is 23.8 Å². The molecular weight excluding hydrogens is 208 g/mol. The summed E-state index contributed by atoms with van der Waals surface area (Å²) in [6.45, 7) is 2.01. The number of benzene rings is 1. The van der Waals surface area contributed by atoms with E-state index in [1.807, 2.05) is 25.1 Å². The number of aryl methyl sites for hydroxylation is 1. The predicted octanol–water partition coefficient (Wildman–Crippen LogP) is 1.81. The lowest BCUT2D eigenvalue weighted by atomic mass is 10.2. The van der Waals surface area contributed by atoms with Gasteiger partial charge in [0.2, 0.25) is 5.91 Å². The van der Waals surface area contributed by atoms with Crippen LogP contribution >= 0.6 is 11.8 Å². The van der Waals surface area contributed by atoms with Gasteiger partial charge in [0.25, 0.3) is 0 Å². The number of nitrogen functional groups attached to an aromatic ring is 1. The summed E-state index contributed by atoms with van der Waals surface area (Å²) in [5, 5.41) is 2.59. The molecule has 0 bridgehead atoms. The van der Waals surface area contributed by atoms with E-state index in [0.29, 0.717) is 6.42 Å². The second kappa shape index (κ2) is 5.66. The Hall–Kier alpha value is -1.16. The van der Waals surface area contributed by atoms with E-state index >= 15 is 0 Å². The molecule has 4 heteroatoms. The minimum absolute atomic E-state index is 0.0631. The van der Waals surface area contributed by atoms with E-state index in [1.165, 1.54) is 0 Å². The summed E-state index contributed by atoms with van der Waals surface area (Å²) >= 11 is 1.61. The summed E-state index contributed by atoms with van der Waals surface area (Å²) in [6, 6.07) is 5.97. The van der Waals surface area contributed by atoms with Crippen LogP contribution in [-0.4, -0.2) is 18.7 Å². The molecule has 0 spiro atoms. The molecule has 1 aromatic rings. The molecule has 0 saturated heterocycles. The standard InChI is InChI=1S/C11H16N2OS/c1-8-3-4-10(9(12)7-8)15-6-5-11(14)13-2/h3-4,7H,5-6,12H2,1-2H3,(H,13,14). The lowest BCUT2D eigenvalue weighted by Gasteiger charge is -2.05. The normalized spacial score (nSPS) is 10.0. The van der Waals surface area contributed by atoms with Crippen LogP contribution in [0.5, 0.6) is 0 Å². The van der Waals surface area contributed by atoms with E-state index in [9.17, 15) is 4.79 Å². The first-order valence-electron chi connectivity index (χ1n) is 4.83. The summed E-state index contributed by atoms with van der Waals surface area (Å²) in [4.78, 5) is 12.0. The van der Waals surface area contributed by atoms with Crippen LogP contribution in [0.4, 0.5) is 5.69 Å². The third-order valence-electron chi connectivity index (χ3n) is 2.03. The number of thioether (sulfide) groups is 1. The van der Waals surface area contributed by atoms with E-state index < -0.39 is 0 Å². The van der Waals surface area contributed by atoms with Crippen molar-refractivity contribution in [3.63, 3.8) is 0 Å². The minimum Gasteiger partial charge on any atom is -0.398 e. The highest BCUT2D eigenvalue weighted by Gasteiger charge is 2.02. The number of rotatable bonds is 4. The largest absolute Gasteiger partial charge is 0.398 e. The molecule has 1 amide bonds. The van der Waals surface area contributed by atoms with Gasteiger partial charge in [-0.05, 0) is 24.6 Å². The summed E-state index contributed by atoms with van der Waals surface area (Å²) in [5.74, 6) is 0.820. The molecule has 82 valence electrons. The van der Waals surface area contributed by atoms with Crippen molar-refractivity contribution in [2.75, 3.05) is 18.5 Å². The molecule has 0 heterocycles. The maximum Gasteiger partial charge on any atom is 0.220 e. The van der Waals surface area contributed by atoms with Gasteiger partial charge in [0.1, 0.15) is 0 Å². The molecule has 3 nitrogen and oxygen atoms in total. The van der Waals surface area contributed by atoms with Crippen LogP contribution in [0, 0.1) is 6.92 Å². The van der Waals surface area contributed by atoms with Gasteiger partial charge in [0.15, 0.2) is 0 Å². The molecule has 0 aliphatic heterocycles. The summed E-state index contributed by atoms with van der Waals surface area (Å²) in [7, 11) is 1.65. The average molecular weight is 224 g/mol. The maximum atomic E-state index is 11.0. The van der Waals surface area contributed by atoms with Gasteiger partial charge >= 0.3 is 0 Å². The number of nitrogens with two attached hydrogens (primary N) is 1. The van der Waals surface area contributed by atoms with Gasteiger partial charge < -0.3 is 11.1 Å². The summed E-state index contributed by atoms with van der Waals surface area (Å²) in [6.07, 6.45) is 0.522. The first kappa shape index (κ1) is 11.9. The highest BCUT2D eigenvalue weighted by Crippen LogP contribution is 2.26. The molecule has 0 fully saturated rings. The van der Waals surface area contributed by atoms with Gasteiger partial charge in [-0.15, -0.1) is 11.8 Å². The Balaban J connectivity index is 2.47. The second-order valence-corrected chi connectivity index (χ2v) is 4.45. The summed E-state index contributed by atoms with van der Waals surface area (Å²) in [5.41, 5.74) is 7.79. The Morgan fingerprint density at radius 3 is 2.87 bits per heavy atom. The molecule has 0 aromatic heterocycles. The second-order valence-electron chi connectivity index (χ2n) is 3.31. The third kappa shape index (κ3) is 3.83. The molecule has 0 aliphatic carbocycles. The highest BCUT2D eigenvalue weighted by atomic mass is 32.2. The fourth-order valence-corrected chi connectivity index (χ4v) is 2.08. The number of hydrogen-bond donors (Lipinski definition) is 2. The van der Waals surface area contributed by atoms with Crippen molar-refractivity contribution < 1.29 is 4.79 Å². The number of nitrogens with one attached hydrogen (secondary N) is 1. The van der Waals surface area contributed by atoms with Crippen LogP contribution in [-0.2, 0) is 4.79 Å². The zero-order valence-electron chi connectivity index (χ0n) is 9.04. The van der Waals surface area contributed by atoms with Crippen molar-refractivity contribution in [2.45, 2.75) is 18.2 Å². The van der Waals surface area contributed by atoms with E-state index in [1.54, 1.807) is 18.8 Å². The monoisotopic (exact) mass is 224 g/mol. The zero-order chi connectivity index (χ0) is 11.3. The Morgan fingerprint density at radius 2 is 2.27 bits per heavy atom. The van der Waals surface area contributed by atoms with E-state index in [0.717, 1.165) is 21.9 Å². The van der Waals surface area contributed by atoms with Crippen LogP contribution in [0.3, 0.4) is 0 Å². The topological polar surface area (TPSA) is 55.1 Å². The Kier molecular flexibility index (Phi) is 4.49. The van der Waals surface area contributed by atoms with Gasteiger partial charge in [-0.3, -0.25) is 4.79 Å². The SMILES string of the molecule is CNC(=O)CCSc1ccc(C)cc1N. The molecule has 0 aliphatic rings. The molecular formula is C11H16N2OS. The zero-order valence-corrected chi connectivity index (χ0v) is 9.86. The van der Waals surface area contributed by atoms with Gasteiger partial charge in [-0.1, -0.05) is 6.07 Å². The highest BCUT2D eigenvalue weighted by molar-refractivity contribution is 7.99. The van der Waals surface area contributed by atoms with Crippen LogP contribution < -0.4 is 11.1 Å². The minimum atomic E-state index is 0.0631.